The molecule has 2 aliphatic heterocycles. The number of hydrogen-bond acceptors (Lipinski definition) is 7. The quantitative estimate of drug-likeness (QED) is 0.460. The second-order valence-electron chi connectivity index (χ2n) is 11.0. The number of likely N-dealkylation sites (N-methyl/N-ethyl adjacent to an activating group) is 1. The van der Waals surface area contributed by atoms with Crippen LogP contribution < -0.4 is 10.2 Å². The van der Waals surface area contributed by atoms with Crippen LogP contribution in [0.4, 0.5) is 14.6 Å². The zero-order valence-electron chi connectivity index (χ0n) is 22.3. The monoisotopic (exact) mass is 532 g/mol. The fourth-order valence-electron chi connectivity index (χ4n) is 6.54. The summed E-state index contributed by atoms with van der Waals surface area (Å²) in [7, 11) is 2.05. The number of fused-ring (bicyclic) bond motifs is 2. The number of aryl methyl sites for hydroxylation is 1. The van der Waals surface area contributed by atoms with Crippen molar-refractivity contribution in [2.24, 2.45) is 0 Å². The van der Waals surface area contributed by atoms with Crippen LogP contribution in [-0.2, 0) is 17.6 Å². The highest BCUT2D eigenvalue weighted by Gasteiger charge is 2.47. The van der Waals surface area contributed by atoms with Gasteiger partial charge in [0.05, 0.1) is 19.1 Å². The minimum Gasteiger partial charge on any atom is -0.351 e. The average Bonchev–Trinajstić information content (AvgIpc) is 3.37. The Kier molecular flexibility index (Phi) is 7.19. The molecule has 2 saturated heterocycles. The highest BCUT2D eigenvalue weighted by Crippen LogP contribution is 2.40. The van der Waals surface area contributed by atoms with Crippen LogP contribution in [0.3, 0.4) is 0 Å². The molecule has 1 aliphatic carbocycles. The van der Waals surface area contributed by atoms with Crippen molar-refractivity contribution >= 4 is 16.7 Å². The first-order chi connectivity index (χ1) is 19.0. The number of rotatable bonds is 6. The third-order valence-corrected chi connectivity index (χ3v) is 8.64. The van der Waals surface area contributed by atoms with Crippen LogP contribution in [0.15, 0.2) is 36.7 Å². The van der Waals surface area contributed by atoms with Gasteiger partial charge in [0.1, 0.15) is 17.7 Å². The number of likely N-dealkylation sites (tertiary alicyclic amines) is 1. The van der Waals surface area contributed by atoms with E-state index in [-0.39, 0.29) is 36.9 Å². The van der Waals surface area contributed by atoms with Crippen molar-refractivity contribution in [1.29, 1.82) is 5.26 Å². The Morgan fingerprint density at radius 1 is 1.15 bits per heavy atom. The van der Waals surface area contributed by atoms with Gasteiger partial charge in [-0.25, -0.2) is 18.7 Å². The number of anilines is 1. The lowest BCUT2D eigenvalue weighted by molar-refractivity contribution is -0.0837. The predicted molar refractivity (Wildman–Crippen MR) is 146 cm³/mol. The van der Waals surface area contributed by atoms with Crippen LogP contribution in [0.1, 0.15) is 43.2 Å². The number of halogens is 2. The van der Waals surface area contributed by atoms with Gasteiger partial charge >= 0.3 is 0 Å². The highest BCUT2D eigenvalue weighted by atomic mass is 19.1. The van der Waals surface area contributed by atoms with E-state index in [0.29, 0.717) is 17.6 Å². The fraction of sp³-hybridized carbons (Fsp3) is 0.500. The lowest BCUT2D eigenvalue weighted by atomic mass is 9.85. The summed E-state index contributed by atoms with van der Waals surface area (Å²) in [6.07, 6.45) is 5.91. The Hall–Kier alpha value is -3.19. The maximum absolute atomic E-state index is 16.2. The topological polar surface area (TPSA) is 77.3 Å². The Labute approximate surface area is 227 Å². The SMILES string of the molecule is CN1CCC[C@H]1COC1(CC#N)CNCC(F)N1c1ncnc2c(F)c(-c3cccc4c3CCCC4)ccc12. The molecule has 1 aromatic heterocycles. The van der Waals surface area contributed by atoms with Crippen molar-refractivity contribution in [3.63, 3.8) is 0 Å². The number of nitrogens with one attached hydrogen (secondary N) is 1. The van der Waals surface area contributed by atoms with Crippen molar-refractivity contribution in [3.05, 3.63) is 53.6 Å². The van der Waals surface area contributed by atoms with E-state index < -0.39 is 17.8 Å². The Morgan fingerprint density at radius 3 is 2.85 bits per heavy atom. The minimum atomic E-state index is -1.52. The molecule has 1 N–H and O–H groups in total. The number of aromatic nitrogens is 2. The molecule has 3 aliphatic rings. The molecule has 2 unspecified atom stereocenters. The number of piperazine rings is 1. The third kappa shape index (κ3) is 4.65. The summed E-state index contributed by atoms with van der Waals surface area (Å²) in [5.74, 6) is -0.204. The zero-order valence-corrected chi connectivity index (χ0v) is 22.3. The molecule has 204 valence electrons. The van der Waals surface area contributed by atoms with Crippen LogP contribution in [0, 0.1) is 17.1 Å². The first-order valence-corrected chi connectivity index (χ1v) is 13.9. The van der Waals surface area contributed by atoms with Gasteiger partial charge in [0.25, 0.3) is 0 Å². The van der Waals surface area contributed by atoms with E-state index in [1.807, 2.05) is 12.1 Å². The summed E-state index contributed by atoms with van der Waals surface area (Å²) in [5.41, 5.74) is 2.70. The molecule has 39 heavy (non-hydrogen) atoms. The molecule has 3 aromatic rings. The molecule has 0 spiro atoms. The maximum Gasteiger partial charge on any atom is 0.188 e. The maximum atomic E-state index is 16.2. The average molecular weight is 533 g/mol. The van der Waals surface area contributed by atoms with Gasteiger partial charge in [0.2, 0.25) is 0 Å². The Balaban J connectivity index is 1.43. The largest absolute Gasteiger partial charge is 0.351 e. The van der Waals surface area contributed by atoms with Gasteiger partial charge in [0.15, 0.2) is 17.8 Å². The summed E-state index contributed by atoms with van der Waals surface area (Å²) >= 11 is 0. The van der Waals surface area contributed by atoms with E-state index in [9.17, 15) is 5.26 Å². The first kappa shape index (κ1) is 26.1. The fourth-order valence-corrected chi connectivity index (χ4v) is 6.54. The second kappa shape index (κ2) is 10.8. The van der Waals surface area contributed by atoms with Crippen molar-refractivity contribution in [2.75, 3.05) is 38.2 Å². The van der Waals surface area contributed by atoms with Crippen LogP contribution in [0.2, 0.25) is 0 Å². The van der Waals surface area contributed by atoms with Gasteiger partial charge in [-0.3, -0.25) is 4.90 Å². The molecule has 2 aromatic carbocycles. The lowest BCUT2D eigenvalue weighted by Crippen LogP contribution is -2.67. The van der Waals surface area contributed by atoms with Gasteiger partial charge in [-0.15, -0.1) is 0 Å². The number of ether oxygens (including phenoxy) is 1. The van der Waals surface area contributed by atoms with Crippen LogP contribution in [-0.4, -0.2) is 66.2 Å². The summed E-state index contributed by atoms with van der Waals surface area (Å²) < 4.78 is 38.4. The highest BCUT2D eigenvalue weighted by molar-refractivity contribution is 5.93. The molecular weight excluding hydrogens is 498 g/mol. The lowest BCUT2D eigenvalue weighted by Gasteiger charge is -2.48. The van der Waals surface area contributed by atoms with Gasteiger partial charge in [0, 0.05) is 30.1 Å². The molecule has 7 nitrogen and oxygen atoms in total. The molecule has 0 saturated carbocycles. The van der Waals surface area contributed by atoms with Gasteiger partial charge in [-0.05, 0) is 74.9 Å². The number of alkyl halides is 1. The summed E-state index contributed by atoms with van der Waals surface area (Å²) in [5, 5.41) is 13.3. The van der Waals surface area contributed by atoms with Gasteiger partial charge < -0.3 is 15.0 Å². The van der Waals surface area contributed by atoms with Crippen molar-refractivity contribution in [1.82, 2.24) is 20.2 Å². The molecule has 9 heteroatoms. The van der Waals surface area contributed by atoms with E-state index >= 15 is 8.78 Å². The van der Waals surface area contributed by atoms with E-state index in [1.165, 1.54) is 22.4 Å². The van der Waals surface area contributed by atoms with E-state index in [1.54, 1.807) is 12.1 Å². The zero-order chi connectivity index (χ0) is 27.0. The molecule has 0 amide bonds. The normalized spacial score (nSPS) is 25.5. The summed E-state index contributed by atoms with van der Waals surface area (Å²) in [6, 6.07) is 12.0. The Bertz CT molecular complexity index is 1410. The van der Waals surface area contributed by atoms with E-state index in [2.05, 4.69) is 39.4 Å². The number of nitrogens with zero attached hydrogens (tertiary/aromatic N) is 5. The second-order valence-corrected chi connectivity index (χ2v) is 11.0. The molecule has 6 rings (SSSR count). The van der Waals surface area contributed by atoms with Crippen molar-refractivity contribution in [2.45, 2.75) is 63.0 Å². The third-order valence-electron chi connectivity index (χ3n) is 8.64. The smallest absolute Gasteiger partial charge is 0.188 e. The Morgan fingerprint density at radius 2 is 2.03 bits per heavy atom. The van der Waals surface area contributed by atoms with Gasteiger partial charge in [-0.2, -0.15) is 5.26 Å². The van der Waals surface area contributed by atoms with Crippen molar-refractivity contribution in [3.8, 4) is 17.2 Å². The number of benzene rings is 2. The summed E-state index contributed by atoms with van der Waals surface area (Å²) in [6.45, 7) is 1.64. The number of hydrogen-bond donors (Lipinski definition) is 1. The van der Waals surface area contributed by atoms with Gasteiger partial charge in [-0.1, -0.05) is 24.3 Å². The van der Waals surface area contributed by atoms with E-state index in [4.69, 9.17) is 4.74 Å². The molecule has 3 heterocycles. The molecular formula is C30H34F2N6O. The summed E-state index contributed by atoms with van der Waals surface area (Å²) in [4.78, 5) is 12.4. The van der Waals surface area contributed by atoms with Crippen LogP contribution in [0.25, 0.3) is 22.0 Å². The number of nitriles is 1. The molecule has 3 atom stereocenters. The molecule has 2 fully saturated rings. The van der Waals surface area contributed by atoms with Crippen LogP contribution in [0.5, 0.6) is 0 Å². The van der Waals surface area contributed by atoms with Crippen molar-refractivity contribution < 1.29 is 13.5 Å². The van der Waals surface area contributed by atoms with E-state index in [0.717, 1.165) is 50.6 Å². The standard InChI is InChI=1S/C30H34F2N6O/c1-37-15-5-8-21(37)17-39-30(13-14-33)18-34-16-26(31)38(30)29-25-12-11-24(27(32)28(25)35-19-36-29)23-10-4-7-20-6-2-3-9-22(20)23/h4,7,10-12,19,21,26,34H,2-3,5-6,8-9,13,15-18H2,1H3/t21-,26?,30?/m0/s1. The predicted octanol–water partition coefficient (Wildman–Crippen LogP) is 4.74. The molecule has 0 radical (unpaired) electrons. The minimum absolute atomic E-state index is 0.0437. The molecule has 0 bridgehead atoms. The first-order valence-electron chi connectivity index (χ1n) is 13.9. The van der Waals surface area contributed by atoms with Crippen LogP contribution >= 0.6 is 0 Å².